The summed E-state index contributed by atoms with van der Waals surface area (Å²) >= 11 is 0. The molecule has 0 aromatic rings. The molecule has 3 N–H and O–H groups in total. The van der Waals surface area contributed by atoms with E-state index in [1.165, 1.54) is 25.7 Å². The molecule has 0 aliphatic rings. The third kappa shape index (κ3) is 31.0. The molecule has 0 aromatic heterocycles. The summed E-state index contributed by atoms with van der Waals surface area (Å²) in [5.74, 6) is -1.52. The van der Waals surface area contributed by atoms with Crippen LogP contribution in [0.2, 0.25) is 0 Å². The van der Waals surface area contributed by atoms with E-state index in [1.54, 1.807) is 0 Å². The molecule has 148 valence electrons. The summed E-state index contributed by atoms with van der Waals surface area (Å²) in [6.45, 7) is 3.28. The minimum absolute atomic E-state index is 0.172. The third-order valence-corrected chi connectivity index (χ3v) is 3.73. The maximum atomic E-state index is 10.3. The van der Waals surface area contributed by atoms with Crippen LogP contribution < -0.4 is 0 Å². The Labute approximate surface area is 153 Å². The van der Waals surface area contributed by atoms with Gasteiger partial charge in [-0.05, 0) is 32.1 Å². The predicted octanol–water partition coefficient (Wildman–Crippen LogP) is 5.17. The molecule has 0 spiro atoms. The number of unbranched alkanes of at least 4 members (excludes halogenated alkanes) is 8. The second kappa shape index (κ2) is 20.7. The zero-order chi connectivity index (χ0) is 19.3. The van der Waals surface area contributed by atoms with Crippen molar-refractivity contribution in [3.05, 3.63) is 12.2 Å². The topological polar surface area (TPSA) is 94.8 Å². The van der Waals surface area contributed by atoms with Crippen LogP contribution in [0.5, 0.6) is 0 Å². The highest BCUT2D eigenvalue weighted by atomic mass is 16.4. The lowest BCUT2D eigenvalue weighted by molar-refractivity contribution is -0.137. The summed E-state index contributed by atoms with van der Waals surface area (Å²) in [5, 5.41) is 25.7. The van der Waals surface area contributed by atoms with Gasteiger partial charge >= 0.3 is 5.97 Å². The Bertz CT molecular complexity index is 335. The van der Waals surface area contributed by atoms with Gasteiger partial charge in [0, 0.05) is 13.3 Å². The molecule has 0 unspecified atom stereocenters. The molecule has 0 aliphatic carbocycles. The van der Waals surface area contributed by atoms with Crippen LogP contribution >= 0.6 is 0 Å². The summed E-state index contributed by atoms with van der Waals surface area (Å²) in [6.07, 6.45) is 17.4. The predicted molar refractivity (Wildman–Crippen MR) is 102 cm³/mol. The van der Waals surface area contributed by atoms with Gasteiger partial charge in [0.2, 0.25) is 0 Å². The van der Waals surface area contributed by atoms with Crippen LogP contribution in [0.1, 0.15) is 97.3 Å². The van der Waals surface area contributed by atoms with Crippen LogP contribution in [-0.4, -0.2) is 33.4 Å². The largest absolute Gasteiger partial charge is 0.481 e. The molecular weight excluding hydrogens is 320 g/mol. The van der Waals surface area contributed by atoms with Crippen LogP contribution in [-0.2, 0) is 9.59 Å². The first-order valence-electron chi connectivity index (χ1n) is 9.64. The van der Waals surface area contributed by atoms with E-state index in [4.69, 9.17) is 15.0 Å². The number of carbonyl (C=O) groups is 2. The number of aliphatic carboxylic acids is 2. The van der Waals surface area contributed by atoms with Crippen LogP contribution in [0.4, 0.5) is 0 Å². The third-order valence-electron chi connectivity index (χ3n) is 3.73. The van der Waals surface area contributed by atoms with Gasteiger partial charge in [0.15, 0.2) is 0 Å². The number of carboxylic acids is 2. The van der Waals surface area contributed by atoms with Gasteiger partial charge in [0.05, 0.1) is 6.10 Å². The zero-order valence-corrected chi connectivity index (χ0v) is 16.1. The van der Waals surface area contributed by atoms with E-state index in [1.807, 2.05) is 0 Å². The highest BCUT2D eigenvalue weighted by molar-refractivity contribution is 5.66. The van der Waals surface area contributed by atoms with Crippen LogP contribution in [0.15, 0.2) is 12.2 Å². The SMILES string of the molecule is CC(=O)O.CCCCCC[C@@H](O)C/C=C\CCCCCCCC(=O)O. The zero-order valence-electron chi connectivity index (χ0n) is 16.1. The van der Waals surface area contributed by atoms with Crippen LogP contribution in [0, 0.1) is 0 Å². The van der Waals surface area contributed by atoms with Gasteiger partial charge in [-0.2, -0.15) is 0 Å². The molecule has 0 saturated heterocycles. The van der Waals surface area contributed by atoms with Gasteiger partial charge in [-0.3, -0.25) is 9.59 Å². The first-order valence-corrected chi connectivity index (χ1v) is 9.64. The molecule has 0 saturated carbocycles. The Morgan fingerprint density at radius 2 is 1.44 bits per heavy atom. The molecule has 5 heteroatoms. The number of aliphatic hydroxyl groups excluding tert-OH is 1. The highest BCUT2D eigenvalue weighted by Gasteiger charge is 2.00. The first kappa shape index (κ1) is 25.9. The molecule has 0 rings (SSSR count). The molecule has 0 aliphatic heterocycles. The van der Waals surface area contributed by atoms with Gasteiger partial charge in [0.25, 0.3) is 5.97 Å². The molecular formula is C20H38O5. The van der Waals surface area contributed by atoms with E-state index in [-0.39, 0.29) is 6.10 Å². The van der Waals surface area contributed by atoms with Crippen molar-refractivity contribution in [2.75, 3.05) is 0 Å². The Morgan fingerprint density at radius 3 is 2.04 bits per heavy atom. The van der Waals surface area contributed by atoms with E-state index in [0.29, 0.717) is 6.42 Å². The second-order valence-electron chi connectivity index (χ2n) is 6.43. The molecule has 0 bridgehead atoms. The number of rotatable bonds is 15. The summed E-state index contributed by atoms with van der Waals surface area (Å²) < 4.78 is 0. The lowest BCUT2D eigenvalue weighted by Crippen LogP contribution is -2.04. The first-order chi connectivity index (χ1) is 11.9. The van der Waals surface area contributed by atoms with E-state index in [0.717, 1.165) is 58.3 Å². The number of aliphatic hydroxyl groups is 1. The fraction of sp³-hybridized carbons (Fsp3) is 0.800. The maximum Gasteiger partial charge on any atom is 0.303 e. The van der Waals surface area contributed by atoms with Gasteiger partial charge in [-0.15, -0.1) is 0 Å². The fourth-order valence-electron chi connectivity index (χ4n) is 2.36. The summed E-state index contributed by atoms with van der Waals surface area (Å²) in [5.41, 5.74) is 0. The molecule has 0 aromatic carbocycles. The molecule has 5 nitrogen and oxygen atoms in total. The van der Waals surface area contributed by atoms with Crippen molar-refractivity contribution in [3.63, 3.8) is 0 Å². The molecule has 0 amide bonds. The van der Waals surface area contributed by atoms with Crippen molar-refractivity contribution in [2.24, 2.45) is 0 Å². The number of carboxylic acid groups (broad SMARTS) is 2. The standard InChI is InChI=1S/C18H34O3.C2H4O2/c1-2-3-4-11-14-17(19)15-12-9-7-5-6-8-10-13-16-18(20)21;1-2(3)4/h9,12,17,19H,2-8,10-11,13-16H2,1H3,(H,20,21);1H3,(H,3,4)/b12-9-;/t17-;/m1./s1. The monoisotopic (exact) mass is 358 g/mol. The highest BCUT2D eigenvalue weighted by Crippen LogP contribution is 2.10. The van der Waals surface area contributed by atoms with Gasteiger partial charge < -0.3 is 15.3 Å². The van der Waals surface area contributed by atoms with Crippen molar-refractivity contribution in [3.8, 4) is 0 Å². The Hall–Kier alpha value is -1.36. The maximum absolute atomic E-state index is 10.3. The van der Waals surface area contributed by atoms with E-state index >= 15 is 0 Å². The summed E-state index contributed by atoms with van der Waals surface area (Å²) in [6, 6.07) is 0. The van der Waals surface area contributed by atoms with Crippen molar-refractivity contribution < 1.29 is 24.9 Å². The summed E-state index contributed by atoms with van der Waals surface area (Å²) in [4.78, 5) is 19.3. The quantitative estimate of drug-likeness (QED) is 0.277. The number of hydrogen-bond donors (Lipinski definition) is 3. The van der Waals surface area contributed by atoms with Gasteiger partial charge in [-0.25, -0.2) is 0 Å². The van der Waals surface area contributed by atoms with Crippen molar-refractivity contribution in [1.82, 2.24) is 0 Å². The molecule has 0 radical (unpaired) electrons. The van der Waals surface area contributed by atoms with Crippen molar-refractivity contribution in [1.29, 1.82) is 0 Å². The van der Waals surface area contributed by atoms with Gasteiger partial charge in [0.1, 0.15) is 0 Å². The molecule has 0 fully saturated rings. The smallest absolute Gasteiger partial charge is 0.303 e. The Kier molecular flexibility index (Phi) is 21.4. The minimum atomic E-state index is -0.833. The molecule has 25 heavy (non-hydrogen) atoms. The molecule has 0 heterocycles. The minimum Gasteiger partial charge on any atom is -0.481 e. The fourth-order valence-corrected chi connectivity index (χ4v) is 2.36. The molecule has 1 atom stereocenters. The Morgan fingerprint density at radius 1 is 0.880 bits per heavy atom. The normalized spacial score (nSPS) is 11.8. The van der Waals surface area contributed by atoms with Crippen LogP contribution in [0.25, 0.3) is 0 Å². The second-order valence-corrected chi connectivity index (χ2v) is 6.43. The van der Waals surface area contributed by atoms with E-state index < -0.39 is 11.9 Å². The summed E-state index contributed by atoms with van der Waals surface area (Å²) in [7, 11) is 0. The van der Waals surface area contributed by atoms with Gasteiger partial charge in [-0.1, -0.05) is 64.0 Å². The van der Waals surface area contributed by atoms with Crippen molar-refractivity contribution >= 4 is 11.9 Å². The Balaban J connectivity index is 0. The number of hydrogen-bond acceptors (Lipinski definition) is 3. The average molecular weight is 359 g/mol. The lowest BCUT2D eigenvalue weighted by atomic mass is 10.1. The average Bonchev–Trinajstić information content (AvgIpc) is 2.52. The van der Waals surface area contributed by atoms with Crippen molar-refractivity contribution in [2.45, 2.75) is 103 Å². The van der Waals surface area contributed by atoms with E-state index in [9.17, 15) is 9.90 Å². The van der Waals surface area contributed by atoms with E-state index in [2.05, 4.69) is 19.1 Å². The lowest BCUT2D eigenvalue weighted by Gasteiger charge is -2.07. The van der Waals surface area contributed by atoms with Crippen LogP contribution in [0.3, 0.4) is 0 Å². The number of allylic oxidation sites excluding steroid dienone is 1.